The number of piperidine rings is 4. The van der Waals surface area contributed by atoms with E-state index in [0.717, 1.165) is 5.70 Å². The molecule has 0 aromatic rings. The summed E-state index contributed by atoms with van der Waals surface area (Å²) in [6, 6.07) is 0. The van der Waals surface area contributed by atoms with Crippen LogP contribution >= 0.6 is 0 Å². The molecule has 298 valence electrons. The molecule has 0 aliphatic carbocycles. The first-order valence-electron chi connectivity index (χ1n) is 19.2. The largest absolute Gasteiger partial charge is 0.462 e. The smallest absolute Gasteiger partial charge is 0.310 e. The fourth-order valence-corrected chi connectivity index (χ4v) is 9.37. The van der Waals surface area contributed by atoms with Gasteiger partial charge in [0.2, 0.25) is 0 Å². The van der Waals surface area contributed by atoms with E-state index in [1.807, 2.05) is 41.5 Å². The highest BCUT2D eigenvalue weighted by Crippen LogP contribution is 2.35. The Morgan fingerprint density at radius 3 is 1.28 bits per heavy atom. The molecule has 4 fully saturated rings. The van der Waals surface area contributed by atoms with Gasteiger partial charge in [-0.2, -0.15) is 0 Å². The second kappa shape index (κ2) is 15.8. The van der Waals surface area contributed by atoms with Crippen molar-refractivity contribution in [2.24, 2.45) is 11.8 Å². The van der Waals surface area contributed by atoms with E-state index in [-0.39, 0.29) is 27.7 Å². The molecule has 4 aliphatic rings. The Morgan fingerprint density at radius 1 is 0.528 bits per heavy atom. The molecule has 0 aromatic carbocycles. The van der Waals surface area contributed by atoms with Crippen molar-refractivity contribution in [1.29, 1.82) is 0 Å². The fourth-order valence-electron chi connectivity index (χ4n) is 9.37. The maximum Gasteiger partial charge on any atom is 0.310 e. The highest BCUT2D eigenvalue weighted by Gasteiger charge is 2.46. The van der Waals surface area contributed by atoms with Gasteiger partial charge >= 0.3 is 23.9 Å². The summed E-state index contributed by atoms with van der Waals surface area (Å²) in [7, 11) is 0. The SMILES string of the molecule is C=C1CC(OC(=O)C(CC(=O)OC2CC(=C)NC(C)(C)C2)C(CC(=O)OC2CC(C)(C)NC(C)(C)C2)C(=O)OC2CC(C)(C)NC(C)(C)C2)CC(=C)N1. The first-order valence-corrected chi connectivity index (χ1v) is 19.2. The quantitative estimate of drug-likeness (QED) is 0.154. The van der Waals surface area contributed by atoms with Crippen LogP contribution in [0.25, 0.3) is 0 Å². The third kappa shape index (κ3) is 12.9. The van der Waals surface area contributed by atoms with Crippen LogP contribution in [0.4, 0.5) is 0 Å². The van der Waals surface area contributed by atoms with Crippen LogP contribution in [0.3, 0.4) is 0 Å². The highest BCUT2D eigenvalue weighted by molar-refractivity contribution is 5.89. The predicted molar refractivity (Wildman–Crippen MR) is 203 cm³/mol. The summed E-state index contributed by atoms with van der Waals surface area (Å²) in [5, 5.41) is 13.6. The topological polar surface area (TPSA) is 153 Å². The van der Waals surface area contributed by atoms with E-state index in [2.05, 4.69) is 68.7 Å². The van der Waals surface area contributed by atoms with Gasteiger partial charge in [-0.3, -0.25) is 19.2 Å². The molecule has 0 radical (unpaired) electrons. The minimum atomic E-state index is -1.39. The molecular weight excluding hydrogens is 676 g/mol. The molecule has 4 rings (SSSR count). The molecule has 0 spiro atoms. The Hall–Kier alpha value is -3.38. The summed E-state index contributed by atoms with van der Waals surface area (Å²) < 4.78 is 24.2. The number of nitrogens with one attached hydrogen (secondary N) is 4. The number of rotatable bonds is 11. The van der Waals surface area contributed by atoms with Crippen molar-refractivity contribution in [3.63, 3.8) is 0 Å². The lowest BCUT2D eigenvalue weighted by atomic mass is 9.80. The standard InChI is InChI=1S/C41H66N4O8/c1-24-14-27(15-25(2)42-24)52-35(48)31(17-33(46)50-28-16-26(3)43-37(4,5)19-28)32(36(49)53-30-22-40(10,11)45-41(12,13)23-30)18-34(47)51-29-20-38(6,7)44-39(8,9)21-29/h27-32,42-45H,1-3,14-23H2,4-13H3. The fraction of sp³-hybridized carbons (Fsp3) is 0.756. The van der Waals surface area contributed by atoms with E-state index in [1.54, 1.807) is 0 Å². The number of ether oxygens (including phenoxy) is 4. The van der Waals surface area contributed by atoms with Gasteiger partial charge in [0, 0.05) is 96.2 Å². The van der Waals surface area contributed by atoms with Crippen LogP contribution in [0.15, 0.2) is 36.8 Å². The second-order valence-electron chi connectivity index (χ2n) is 19.3. The van der Waals surface area contributed by atoms with Gasteiger partial charge in [0.15, 0.2) is 0 Å². The minimum Gasteiger partial charge on any atom is -0.462 e. The second-order valence-corrected chi connectivity index (χ2v) is 19.3. The molecule has 12 heteroatoms. The van der Waals surface area contributed by atoms with Crippen molar-refractivity contribution in [2.75, 3.05) is 0 Å². The van der Waals surface area contributed by atoms with Crippen molar-refractivity contribution >= 4 is 23.9 Å². The Balaban J connectivity index is 1.65. The van der Waals surface area contributed by atoms with Crippen molar-refractivity contribution in [3.05, 3.63) is 36.8 Å². The average molecular weight is 743 g/mol. The van der Waals surface area contributed by atoms with E-state index < -0.39 is 73.0 Å². The Bertz CT molecular complexity index is 1410. The predicted octanol–water partition coefficient (Wildman–Crippen LogP) is 5.61. The lowest BCUT2D eigenvalue weighted by Crippen LogP contribution is -2.60. The van der Waals surface area contributed by atoms with Crippen molar-refractivity contribution in [1.82, 2.24) is 21.3 Å². The first kappa shape index (κ1) is 42.4. The van der Waals surface area contributed by atoms with Gasteiger partial charge in [-0.15, -0.1) is 0 Å². The number of carbonyl (C=O) groups excluding carboxylic acids is 4. The lowest BCUT2D eigenvalue weighted by molar-refractivity contribution is -0.176. The summed E-state index contributed by atoms with van der Waals surface area (Å²) >= 11 is 0. The molecule has 4 saturated heterocycles. The summed E-state index contributed by atoms with van der Waals surface area (Å²) in [6.07, 6.45) is 0.752. The van der Waals surface area contributed by atoms with E-state index in [4.69, 9.17) is 18.9 Å². The van der Waals surface area contributed by atoms with Crippen LogP contribution in [-0.2, 0) is 38.1 Å². The maximum atomic E-state index is 14.4. The zero-order chi connectivity index (χ0) is 39.7. The van der Waals surface area contributed by atoms with Gasteiger partial charge < -0.3 is 40.2 Å². The molecule has 4 heterocycles. The van der Waals surface area contributed by atoms with Gasteiger partial charge in [-0.25, -0.2) is 0 Å². The Kier molecular flexibility index (Phi) is 12.6. The Morgan fingerprint density at radius 2 is 0.868 bits per heavy atom. The van der Waals surface area contributed by atoms with Crippen LogP contribution in [0.2, 0.25) is 0 Å². The van der Waals surface area contributed by atoms with Gasteiger partial charge in [0.05, 0.1) is 24.7 Å². The molecular formula is C41H66N4O8. The number of esters is 4. The van der Waals surface area contributed by atoms with E-state index in [1.165, 1.54) is 0 Å². The summed E-state index contributed by atoms with van der Waals surface area (Å²) in [4.78, 5) is 56.4. The monoisotopic (exact) mass is 742 g/mol. The van der Waals surface area contributed by atoms with Crippen molar-refractivity contribution in [3.8, 4) is 0 Å². The van der Waals surface area contributed by atoms with Gasteiger partial charge in [-0.1, -0.05) is 19.7 Å². The Labute approximate surface area is 317 Å². The van der Waals surface area contributed by atoms with Crippen LogP contribution < -0.4 is 21.3 Å². The van der Waals surface area contributed by atoms with Gasteiger partial charge in [0.1, 0.15) is 24.4 Å². The molecule has 3 unspecified atom stereocenters. The molecule has 0 bridgehead atoms. The summed E-state index contributed by atoms with van der Waals surface area (Å²) in [6.45, 7) is 32.3. The number of hydrogen-bond donors (Lipinski definition) is 4. The maximum absolute atomic E-state index is 14.4. The van der Waals surface area contributed by atoms with Crippen LogP contribution in [0.1, 0.15) is 133 Å². The van der Waals surface area contributed by atoms with Crippen LogP contribution in [-0.4, -0.2) is 76.0 Å². The van der Waals surface area contributed by atoms with E-state index >= 15 is 0 Å². The minimum absolute atomic E-state index is 0.298. The third-order valence-corrected chi connectivity index (χ3v) is 10.4. The summed E-state index contributed by atoms with van der Waals surface area (Å²) in [5.74, 6) is -5.65. The normalized spacial score (nSPS) is 26.6. The molecule has 0 amide bonds. The zero-order valence-corrected chi connectivity index (χ0v) is 33.9. The molecule has 4 N–H and O–H groups in total. The van der Waals surface area contributed by atoms with Crippen LogP contribution in [0, 0.1) is 11.8 Å². The van der Waals surface area contributed by atoms with Gasteiger partial charge in [-0.05, 0) is 69.2 Å². The third-order valence-electron chi connectivity index (χ3n) is 10.4. The zero-order valence-electron chi connectivity index (χ0n) is 33.9. The number of hydrogen-bond acceptors (Lipinski definition) is 12. The average Bonchev–Trinajstić information content (AvgIpc) is 2.89. The molecule has 53 heavy (non-hydrogen) atoms. The molecule has 3 atom stereocenters. The van der Waals surface area contributed by atoms with Crippen LogP contribution in [0.5, 0.6) is 0 Å². The van der Waals surface area contributed by atoms with Crippen molar-refractivity contribution < 1.29 is 38.1 Å². The van der Waals surface area contributed by atoms with E-state index in [9.17, 15) is 19.2 Å². The number of carbonyl (C=O) groups is 4. The first-order chi connectivity index (χ1) is 24.2. The highest BCUT2D eigenvalue weighted by atomic mass is 16.6. The van der Waals surface area contributed by atoms with E-state index in [0.29, 0.717) is 62.8 Å². The molecule has 4 aliphatic heterocycles. The molecule has 0 saturated carbocycles. The van der Waals surface area contributed by atoms with Crippen molar-refractivity contribution in [2.45, 2.75) is 186 Å². The molecule has 0 aromatic heterocycles. The van der Waals surface area contributed by atoms with Gasteiger partial charge in [0.25, 0.3) is 0 Å². The molecule has 12 nitrogen and oxygen atoms in total. The lowest BCUT2D eigenvalue weighted by Gasteiger charge is -2.46. The summed E-state index contributed by atoms with van der Waals surface area (Å²) in [5.41, 5.74) is 0.361.